The number of anilines is 1. The van der Waals surface area contributed by atoms with Gasteiger partial charge in [-0.2, -0.15) is 0 Å². The van der Waals surface area contributed by atoms with Crippen LogP contribution in [-0.4, -0.2) is 11.0 Å². The van der Waals surface area contributed by atoms with Crippen LogP contribution >= 0.6 is 15.9 Å². The number of benzene rings is 1. The number of nitrogens with zero attached hydrogens (tertiary/aromatic N) is 1. The second-order valence-electron chi connectivity index (χ2n) is 4.15. The molecule has 1 aliphatic carbocycles. The summed E-state index contributed by atoms with van der Waals surface area (Å²) in [5.41, 5.74) is 1.80. The van der Waals surface area contributed by atoms with Crippen LogP contribution in [0.5, 0.6) is 0 Å². The molecule has 0 saturated heterocycles. The Labute approximate surface area is 102 Å². The van der Waals surface area contributed by atoms with Crippen molar-refractivity contribution in [2.45, 2.75) is 32.2 Å². The minimum absolute atomic E-state index is 0.158. The van der Waals surface area contributed by atoms with Gasteiger partial charge in [-0.1, -0.05) is 0 Å². The van der Waals surface area contributed by atoms with Crippen LogP contribution in [0.25, 0.3) is 0 Å². The molecule has 1 aromatic rings. The number of hydrogen-bond donors (Lipinski definition) is 1. The summed E-state index contributed by atoms with van der Waals surface area (Å²) in [4.78, 5) is 10.4. The molecule has 4 nitrogen and oxygen atoms in total. The molecule has 0 radical (unpaired) electrons. The van der Waals surface area contributed by atoms with Crippen molar-refractivity contribution < 1.29 is 4.92 Å². The molecule has 86 valence electrons. The quantitative estimate of drug-likeness (QED) is 0.681. The van der Waals surface area contributed by atoms with Gasteiger partial charge in [0.1, 0.15) is 0 Å². The largest absolute Gasteiger partial charge is 0.381 e. The van der Waals surface area contributed by atoms with Crippen LogP contribution in [0.1, 0.15) is 24.8 Å². The van der Waals surface area contributed by atoms with E-state index in [0.717, 1.165) is 10.2 Å². The summed E-state index contributed by atoms with van der Waals surface area (Å²) >= 11 is 3.36. The van der Waals surface area contributed by atoms with Crippen molar-refractivity contribution in [3.8, 4) is 0 Å². The van der Waals surface area contributed by atoms with Gasteiger partial charge in [0.05, 0.1) is 4.92 Å². The Balaban J connectivity index is 2.25. The van der Waals surface area contributed by atoms with Crippen LogP contribution in [0.4, 0.5) is 11.4 Å². The SMILES string of the molecule is Cc1cc(NC2CCC2)c(Br)cc1[N+](=O)[O-]. The molecular weight excluding hydrogens is 272 g/mol. The molecule has 0 amide bonds. The first kappa shape index (κ1) is 11.4. The molecule has 0 aliphatic heterocycles. The van der Waals surface area contributed by atoms with E-state index in [2.05, 4.69) is 21.2 Å². The summed E-state index contributed by atoms with van der Waals surface area (Å²) in [5, 5.41) is 14.1. The summed E-state index contributed by atoms with van der Waals surface area (Å²) in [7, 11) is 0. The molecular formula is C11H13BrN2O2. The zero-order valence-corrected chi connectivity index (χ0v) is 10.6. The summed E-state index contributed by atoms with van der Waals surface area (Å²) in [5.74, 6) is 0. The summed E-state index contributed by atoms with van der Waals surface area (Å²) < 4.78 is 0.761. The molecule has 1 saturated carbocycles. The van der Waals surface area contributed by atoms with E-state index >= 15 is 0 Å². The van der Waals surface area contributed by atoms with E-state index in [1.54, 1.807) is 13.0 Å². The molecule has 2 rings (SSSR count). The number of nitro groups is 1. The molecule has 0 unspecified atom stereocenters. The first-order chi connectivity index (χ1) is 7.58. The van der Waals surface area contributed by atoms with Gasteiger partial charge in [-0.3, -0.25) is 10.1 Å². The normalized spacial score (nSPS) is 15.6. The highest BCUT2D eigenvalue weighted by molar-refractivity contribution is 9.10. The lowest BCUT2D eigenvalue weighted by atomic mass is 9.93. The Morgan fingerprint density at radius 3 is 2.69 bits per heavy atom. The molecule has 1 fully saturated rings. The van der Waals surface area contributed by atoms with E-state index in [-0.39, 0.29) is 10.6 Å². The first-order valence-electron chi connectivity index (χ1n) is 5.29. The second-order valence-corrected chi connectivity index (χ2v) is 5.00. The van der Waals surface area contributed by atoms with E-state index in [1.807, 2.05) is 6.07 Å². The Morgan fingerprint density at radius 1 is 1.50 bits per heavy atom. The van der Waals surface area contributed by atoms with Gasteiger partial charge in [-0.15, -0.1) is 0 Å². The highest BCUT2D eigenvalue weighted by Gasteiger charge is 2.20. The Bertz CT molecular complexity index is 430. The Hall–Kier alpha value is -1.10. The van der Waals surface area contributed by atoms with Crippen molar-refractivity contribution in [3.05, 3.63) is 32.3 Å². The van der Waals surface area contributed by atoms with Gasteiger partial charge in [-0.05, 0) is 48.2 Å². The number of aryl methyl sites for hydroxylation is 1. The molecule has 0 atom stereocenters. The Kier molecular flexibility index (Phi) is 3.14. The van der Waals surface area contributed by atoms with Crippen molar-refractivity contribution in [3.63, 3.8) is 0 Å². The molecule has 16 heavy (non-hydrogen) atoms. The van der Waals surface area contributed by atoms with Crippen LogP contribution in [-0.2, 0) is 0 Å². The lowest BCUT2D eigenvalue weighted by molar-refractivity contribution is -0.385. The number of nitro benzene ring substituents is 1. The standard InChI is InChI=1S/C11H13BrN2O2/c1-7-5-10(13-8-3-2-4-8)9(12)6-11(7)14(15)16/h5-6,8,13H,2-4H2,1H3. The molecule has 0 aromatic heterocycles. The van der Waals surface area contributed by atoms with Gasteiger partial charge in [0.2, 0.25) is 0 Å². The average molecular weight is 285 g/mol. The molecule has 0 bridgehead atoms. The van der Waals surface area contributed by atoms with E-state index in [1.165, 1.54) is 19.3 Å². The van der Waals surface area contributed by atoms with Gasteiger partial charge in [0, 0.05) is 27.8 Å². The van der Waals surface area contributed by atoms with Crippen molar-refractivity contribution in [2.75, 3.05) is 5.32 Å². The van der Waals surface area contributed by atoms with Crippen LogP contribution in [0.15, 0.2) is 16.6 Å². The number of nitrogens with one attached hydrogen (secondary N) is 1. The summed E-state index contributed by atoms with van der Waals surface area (Å²) in [6, 6.07) is 3.92. The zero-order chi connectivity index (χ0) is 11.7. The van der Waals surface area contributed by atoms with E-state index in [0.29, 0.717) is 11.6 Å². The molecule has 0 spiro atoms. The van der Waals surface area contributed by atoms with Crippen LogP contribution in [0.3, 0.4) is 0 Å². The lowest BCUT2D eigenvalue weighted by Gasteiger charge is -2.28. The van der Waals surface area contributed by atoms with Crippen LogP contribution in [0, 0.1) is 17.0 Å². The summed E-state index contributed by atoms with van der Waals surface area (Å²) in [6.07, 6.45) is 3.63. The van der Waals surface area contributed by atoms with Crippen LogP contribution < -0.4 is 5.32 Å². The van der Waals surface area contributed by atoms with E-state index in [4.69, 9.17) is 0 Å². The maximum atomic E-state index is 10.7. The molecule has 5 heteroatoms. The van der Waals surface area contributed by atoms with E-state index < -0.39 is 0 Å². The number of hydrogen-bond acceptors (Lipinski definition) is 3. The predicted octanol–water partition coefficient (Wildman–Crippen LogP) is 3.63. The Morgan fingerprint density at radius 2 is 2.19 bits per heavy atom. The topological polar surface area (TPSA) is 55.2 Å². The monoisotopic (exact) mass is 284 g/mol. The minimum Gasteiger partial charge on any atom is -0.381 e. The summed E-state index contributed by atoms with van der Waals surface area (Å²) in [6.45, 7) is 1.76. The maximum Gasteiger partial charge on any atom is 0.273 e. The predicted molar refractivity (Wildman–Crippen MR) is 66.8 cm³/mol. The third kappa shape index (κ3) is 2.19. The zero-order valence-electron chi connectivity index (χ0n) is 9.00. The van der Waals surface area contributed by atoms with Crippen molar-refractivity contribution in [1.82, 2.24) is 0 Å². The van der Waals surface area contributed by atoms with Crippen molar-refractivity contribution in [2.24, 2.45) is 0 Å². The second kappa shape index (κ2) is 4.41. The number of halogens is 1. The fourth-order valence-corrected chi connectivity index (χ4v) is 2.20. The van der Waals surface area contributed by atoms with Crippen molar-refractivity contribution >= 4 is 27.3 Å². The fourth-order valence-electron chi connectivity index (χ4n) is 1.75. The smallest absolute Gasteiger partial charge is 0.273 e. The van der Waals surface area contributed by atoms with Gasteiger partial charge in [-0.25, -0.2) is 0 Å². The van der Waals surface area contributed by atoms with Crippen LogP contribution in [0.2, 0.25) is 0 Å². The minimum atomic E-state index is -0.354. The molecule has 0 heterocycles. The van der Waals surface area contributed by atoms with E-state index in [9.17, 15) is 10.1 Å². The van der Waals surface area contributed by atoms with Gasteiger partial charge < -0.3 is 5.32 Å². The molecule has 1 N–H and O–H groups in total. The third-order valence-electron chi connectivity index (χ3n) is 2.95. The lowest BCUT2D eigenvalue weighted by Crippen LogP contribution is -2.27. The highest BCUT2D eigenvalue weighted by atomic mass is 79.9. The van der Waals surface area contributed by atoms with Gasteiger partial charge in [0.15, 0.2) is 0 Å². The average Bonchev–Trinajstić information content (AvgIpc) is 2.15. The number of rotatable bonds is 3. The first-order valence-corrected chi connectivity index (χ1v) is 6.08. The molecule has 1 aliphatic rings. The fraction of sp³-hybridized carbons (Fsp3) is 0.455. The third-order valence-corrected chi connectivity index (χ3v) is 3.60. The highest BCUT2D eigenvalue weighted by Crippen LogP contribution is 2.33. The van der Waals surface area contributed by atoms with Crippen molar-refractivity contribution in [1.29, 1.82) is 0 Å². The molecule has 1 aromatic carbocycles. The van der Waals surface area contributed by atoms with Gasteiger partial charge >= 0.3 is 0 Å². The maximum absolute atomic E-state index is 10.7. The van der Waals surface area contributed by atoms with Gasteiger partial charge in [0.25, 0.3) is 5.69 Å².